The zero-order valence-corrected chi connectivity index (χ0v) is 18.6. The minimum atomic E-state index is -4.02. The molecule has 0 aromatic heterocycles. The molecule has 0 saturated heterocycles. The molecule has 1 amide bonds. The van der Waals surface area contributed by atoms with Gasteiger partial charge in [0.1, 0.15) is 4.90 Å². The molecule has 160 valence electrons. The third kappa shape index (κ3) is 6.41. The van der Waals surface area contributed by atoms with Gasteiger partial charge in [0.2, 0.25) is 5.91 Å². The number of benzene rings is 3. The van der Waals surface area contributed by atoms with Gasteiger partial charge in [0, 0.05) is 10.6 Å². The SMILES string of the molecule is Cc1ccc(S(=O)(=O)Oc2cc(C)ccc2/C=N/NC(=O)Cc2cccc(Cl)c2)cc1. The van der Waals surface area contributed by atoms with Gasteiger partial charge in [-0.05, 0) is 61.4 Å². The highest BCUT2D eigenvalue weighted by molar-refractivity contribution is 7.87. The van der Waals surface area contributed by atoms with E-state index in [2.05, 4.69) is 10.5 Å². The second kappa shape index (κ2) is 9.76. The molecule has 6 nitrogen and oxygen atoms in total. The molecule has 0 bridgehead atoms. The first-order chi connectivity index (χ1) is 14.7. The van der Waals surface area contributed by atoms with Crippen molar-refractivity contribution < 1.29 is 17.4 Å². The minimum Gasteiger partial charge on any atom is -0.378 e. The molecule has 0 fully saturated rings. The van der Waals surface area contributed by atoms with E-state index in [1.807, 2.05) is 13.8 Å². The third-order valence-electron chi connectivity index (χ3n) is 4.32. The van der Waals surface area contributed by atoms with Gasteiger partial charge in [0.05, 0.1) is 12.6 Å². The van der Waals surface area contributed by atoms with Crippen molar-refractivity contribution in [1.29, 1.82) is 0 Å². The molecule has 3 aromatic rings. The molecule has 0 radical (unpaired) electrons. The number of nitrogens with zero attached hydrogens (tertiary/aromatic N) is 1. The highest BCUT2D eigenvalue weighted by Crippen LogP contribution is 2.24. The molecule has 1 N–H and O–H groups in total. The van der Waals surface area contributed by atoms with Crippen LogP contribution >= 0.6 is 11.6 Å². The van der Waals surface area contributed by atoms with Crippen LogP contribution in [0.4, 0.5) is 0 Å². The van der Waals surface area contributed by atoms with Crippen LogP contribution in [0.25, 0.3) is 0 Å². The van der Waals surface area contributed by atoms with Gasteiger partial charge in [-0.25, -0.2) is 5.43 Å². The van der Waals surface area contributed by atoms with Gasteiger partial charge in [-0.1, -0.05) is 47.5 Å². The van der Waals surface area contributed by atoms with Crippen LogP contribution in [0.2, 0.25) is 5.02 Å². The third-order valence-corrected chi connectivity index (χ3v) is 5.81. The lowest BCUT2D eigenvalue weighted by Crippen LogP contribution is -2.19. The van der Waals surface area contributed by atoms with Crippen LogP contribution in [0, 0.1) is 13.8 Å². The molecule has 0 aliphatic carbocycles. The highest BCUT2D eigenvalue weighted by atomic mass is 35.5. The van der Waals surface area contributed by atoms with Gasteiger partial charge in [-0.15, -0.1) is 0 Å². The van der Waals surface area contributed by atoms with Crippen LogP contribution in [0.3, 0.4) is 0 Å². The zero-order valence-electron chi connectivity index (χ0n) is 17.0. The Bertz CT molecular complexity index is 1220. The fourth-order valence-corrected chi connectivity index (χ4v) is 3.90. The van der Waals surface area contributed by atoms with E-state index in [-0.39, 0.29) is 23.0 Å². The second-order valence-electron chi connectivity index (χ2n) is 6.99. The predicted octanol–water partition coefficient (Wildman–Crippen LogP) is 4.42. The molecule has 0 saturated carbocycles. The first-order valence-electron chi connectivity index (χ1n) is 9.41. The number of amides is 1. The average molecular weight is 457 g/mol. The van der Waals surface area contributed by atoms with Crippen molar-refractivity contribution in [3.05, 3.63) is 94.0 Å². The maximum atomic E-state index is 12.6. The Morgan fingerprint density at radius 1 is 1.03 bits per heavy atom. The molecule has 0 aliphatic heterocycles. The van der Waals surface area contributed by atoms with E-state index in [0.717, 1.165) is 16.7 Å². The highest BCUT2D eigenvalue weighted by Gasteiger charge is 2.18. The summed E-state index contributed by atoms with van der Waals surface area (Å²) in [6, 6.07) is 18.4. The Hall–Kier alpha value is -3.16. The van der Waals surface area contributed by atoms with E-state index in [9.17, 15) is 13.2 Å². The number of carbonyl (C=O) groups excluding carboxylic acids is 1. The fourth-order valence-electron chi connectivity index (χ4n) is 2.74. The van der Waals surface area contributed by atoms with E-state index < -0.39 is 10.1 Å². The Kier molecular flexibility index (Phi) is 7.09. The maximum Gasteiger partial charge on any atom is 0.339 e. The van der Waals surface area contributed by atoms with Crippen molar-refractivity contribution in [2.24, 2.45) is 5.10 Å². The van der Waals surface area contributed by atoms with Crippen molar-refractivity contribution in [2.45, 2.75) is 25.2 Å². The van der Waals surface area contributed by atoms with Crippen molar-refractivity contribution >= 4 is 33.8 Å². The maximum absolute atomic E-state index is 12.6. The van der Waals surface area contributed by atoms with E-state index in [4.69, 9.17) is 15.8 Å². The molecule has 0 heterocycles. The van der Waals surface area contributed by atoms with Gasteiger partial charge in [0.15, 0.2) is 5.75 Å². The lowest BCUT2D eigenvalue weighted by Gasteiger charge is -2.10. The summed E-state index contributed by atoms with van der Waals surface area (Å²) in [7, 11) is -4.02. The summed E-state index contributed by atoms with van der Waals surface area (Å²) in [6.45, 7) is 3.69. The number of rotatable bonds is 7. The number of carbonyl (C=O) groups is 1. The van der Waals surface area contributed by atoms with Crippen molar-refractivity contribution in [3.63, 3.8) is 0 Å². The minimum absolute atomic E-state index is 0.0531. The van der Waals surface area contributed by atoms with Gasteiger partial charge in [0.25, 0.3) is 0 Å². The molecular weight excluding hydrogens is 436 g/mol. The molecule has 0 unspecified atom stereocenters. The number of aryl methyl sites for hydroxylation is 2. The van der Waals surface area contributed by atoms with E-state index in [0.29, 0.717) is 10.6 Å². The number of hydrogen-bond donors (Lipinski definition) is 1. The number of nitrogens with one attached hydrogen (secondary N) is 1. The smallest absolute Gasteiger partial charge is 0.339 e. The summed E-state index contributed by atoms with van der Waals surface area (Å²) < 4.78 is 30.6. The number of hydrazone groups is 1. The standard InChI is InChI=1S/C23H21ClN2O4S/c1-16-7-10-21(11-8-16)31(28,29)30-22-12-17(2)6-9-19(22)15-25-26-23(27)14-18-4-3-5-20(24)13-18/h3-13,15H,14H2,1-2H3,(H,26,27)/b25-15+. The Morgan fingerprint density at radius 2 is 1.74 bits per heavy atom. The van der Waals surface area contributed by atoms with Crippen molar-refractivity contribution in [2.75, 3.05) is 0 Å². The number of hydrogen-bond acceptors (Lipinski definition) is 5. The van der Waals surface area contributed by atoms with Crippen LogP contribution in [-0.2, 0) is 21.3 Å². The monoisotopic (exact) mass is 456 g/mol. The van der Waals surface area contributed by atoms with Crippen LogP contribution in [-0.4, -0.2) is 20.5 Å². The van der Waals surface area contributed by atoms with E-state index >= 15 is 0 Å². The zero-order chi connectivity index (χ0) is 22.4. The van der Waals surface area contributed by atoms with Crippen LogP contribution in [0.15, 0.2) is 76.7 Å². The van der Waals surface area contributed by atoms with Crippen molar-refractivity contribution in [1.82, 2.24) is 5.43 Å². The van der Waals surface area contributed by atoms with Crippen LogP contribution in [0.1, 0.15) is 22.3 Å². The fraction of sp³-hybridized carbons (Fsp3) is 0.130. The molecule has 0 atom stereocenters. The van der Waals surface area contributed by atoms with Gasteiger partial charge in [-0.3, -0.25) is 4.79 Å². The van der Waals surface area contributed by atoms with E-state index in [1.165, 1.54) is 18.3 Å². The summed E-state index contributed by atoms with van der Waals surface area (Å²) in [5.41, 5.74) is 5.34. The normalized spacial score (nSPS) is 11.5. The topological polar surface area (TPSA) is 84.8 Å². The predicted molar refractivity (Wildman–Crippen MR) is 121 cm³/mol. The lowest BCUT2D eigenvalue weighted by molar-refractivity contribution is -0.120. The van der Waals surface area contributed by atoms with Gasteiger partial charge in [-0.2, -0.15) is 13.5 Å². The molecule has 0 aliphatic rings. The molecule has 3 rings (SSSR count). The quantitative estimate of drug-likeness (QED) is 0.324. The molecule has 3 aromatic carbocycles. The molecule has 0 spiro atoms. The van der Waals surface area contributed by atoms with E-state index in [1.54, 1.807) is 54.6 Å². The molecule has 8 heteroatoms. The second-order valence-corrected chi connectivity index (χ2v) is 8.97. The Balaban J connectivity index is 1.73. The average Bonchev–Trinajstić information content (AvgIpc) is 2.70. The summed E-state index contributed by atoms with van der Waals surface area (Å²) in [5, 5.41) is 4.48. The van der Waals surface area contributed by atoms with Crippen LogP contribution < -0.4 is 9.61 Å². The summed E-state index contributed by atoms with van der Waals surface area (Å²) in [5.74, 6) is -0.214. The summed E-state index contributed by atoms with van der Waals surface area (Å²) >= 11 is 5.92. The summed E-state index contributed by atoms with van der Waals surface area (Å²) in [4.78, 5) is 12.2. The van der Waals surface area contributed by atoms with Gasteiger partial charge < -0.3 is 4.18 Å². The first kappa shape index (κ1) is 22.5. The molecular formula is C23H21ClN2O4S. The van der Waals surface area contributed by atoms with Gasteiger partial charge >= 0.3 is 10.1 Å². The van der Waals surface area contributed by atoms with Crippen molar-refractivity contribution in [3.8, 4) is 5.75 Å². The molecule has 31 heavy (non-hydrogen) atoms. The number of halogens is 1. The Labute approximate surface area is 186 Å². The summed E-state index contributed by atoms with van der Waals surface area (Å²) in [6.07, 6.45) is 1.45. The lowest BCUT2D eigenvalue weighted by atomic mass is 10.1. The largest absolute Gasteiger partial charge is 0.378 e. The first-order valence-corrected chi connectivity index (χ1v) is 11.2. The Morgan fingerprint density at radius 3 is 2.45 bits per heavy atom. The van der Waals surface area contributed by atoms with Crippen LogP contribution in [0.5, 0.6) is 5.75 Å².